The molecule has 3 rings (SSSR count). The molecule has 0 atom stereocenters. The molecule has 1 amide bonds. The van der Waals surface area contributed by atoms with Crippen molar-refractivity contribution in [2.24, 2.45) is 0 Å². The fourth-order valence-electron chi connectivity index (χ4n) is 2.25. The molecule has 1 heterocycles. The second-order valence-electron chi connectivity index (χ2n) is 5.28. The fourth-order valence-corrected chi connectivity index (χ4v) is 2.25. The number of H-pyrrole nitrogens is 1. The summed E-state index contributed by atoms with van der Waals surface area (Å²) in [5.74, 6) is 1.97. The van der Waals surface area contributed by atoms with Crippen molar-refractivity contribution in [1.29, 1.82) is 0 Å². The quantitative estimate of drug-likeness (QED) is 0.857. The van der Waals surface area contributed by atoms with Crippen LogP contribution in [0.25, 0.3) is 0 Å². The van der Waals surface area contributed by atoms with Gasteiger partial charge >= 0.3 is 0 Å². The lowest BCUT2D eigenvalue weighted by Crippen LogP contribution is -2.14. The lowest BCUT2D eigenvalue weighted by Gasteiger charge is -2.05. The number of ether oxygens (including phenoxy) is 1. The van der Waals surface area contributed by atoms with Crippen molar-refractivity contribution in [2.75, 3.05) is 11.9 Å². The highest BCUT2D eigenvalue weighted by atomic mass is 16.5. The average molecular weight is 285 g/mol. The number of hydrogen-bond donors (Lipinski definition) is 2. The Balaban J connectivity index is 1.55. The van der Waals surface area contributed by atoms with E-state index in [9.17, 15) is 4.79 Å². The maximum absolute atomic E-state index is 12.0. The van der Waals surface area contributed by atoms with E-state index in [-0.39, 0.29) is 5.91 Å². The topological polar surface area (TPSA) is 67.0 Å². The largest absolute Gasteiger partial charge is 0.494 e. The summed E-state index contributed by atoms with van der Waals surface area (Å²) in [6.45, 7) is 2.59. The molecule has 21 heavy (non-hydrogen) atoms. The number of anilines is 1. The van der Waals surface area contributed by atoms with E-state index < -0.39 is 0 Å². The maximum Gasteiger partial charge on any atom is 0.229 e. The number of hydrogen-bond acceptors (Lipinski definition) is 3. The number of carbonyl (C=O) groups is 1. The molecule has 1 aromatic carbocycles. The summed E-state index contributed by atoms with van der Waals surface area (Å²) < 4.78 is 5.38. The van der Waals surface area contributed by atoms with Crippen LogP contribution in [0.1, 0.15) is 36.9 Å². The van der Waals surface area contributed by atoms with Gasteiger partial charge in [0.05, 0.1) is 13.0 Å². The van der Waals surface area contributed by atoms with Gasteiger partial charge in [0.1, 0.15) is 5.75 Å². The molecule has 2 aromatic rings. The number of nitrogens with zero attached hydrogens (tertiary/aromatic N) is 1. The number of benzene rings is 1. The molecule has 0 unspecified atom stereocenters. The Morgan fingerprint density at radius 1 is 1.38 bits per heavy atom. The Hall–Kier alpha value is -2.30. The first-order valence-corrected chi connectivity index (χ1v) is 7.31. The van der Waals surface area contributed by atoms with Crippen LogP contribution in [0, 0.1) is 0 Å². The Labute approximate surface area is 123 Å². The van der Waals surface area contributed by atoms with E-state index in [1.54, 1.807) is 0 Å². The van der Waals surface area contributed by atoms with Crippen LogP contribution >= 0.6 is 0 Å². The summed E-state index contributed by atoms with van der Waals surface area (Å²) in [4.78, 5) is 12.0. The van der Waals surface area contributed by atoms with Crippen LogP contribution in [0.2, 0.25) is 0 Å². The number of carbonyl (C=O) groups excluding carboxylic acids is 1. The van der Waals surface area contributed by atoms with Crippen LogP contribution in [-0.4, -0.2) is 22.7 Å². The maximum atomic E-state index is 12.0. The van der Waals surface area contributed by atoms with Crippen molar-refractivity contribution < 1.29 is 9.53 Å². The van der Waals surface area contributed by atoms with Crippen LogP contribution in [0.3, 0.4) is 0 Å². The summed E-state index contributed by atoms with van der Waals surface area (Å²) in [5.41, 5.74) is 2.07. The third-order valence-corrected chi connectivity index (χ3v) is 3.48. The molecular weight excluding hydrogens is 266 g/mol. The number of aromatic nitrogens is 2. The van der Waals surface area contributed by atoms with E-state index in [1.807, 2.05) is 37.3 Å². The SMILES string of the molecule is CCOc1ccc(CC(=O)Nc2cc(C3CC3)[nH]n2)cc1. The first-order valence-electron chi connectivity index (χ1n) is 7.31. The number of amides is 1. The zero-order valence-electron chi connectivity index (χ0n) is 12.1. The third kappa shape index (κ3) is 3.62. The first-order chi connectivity index (χ1) is 10.2. The Kier molecular flexibility index (Phi) is 3.90. The normalized spacial score (nSPS) is 14.0. The number of rotatable bonds is 6. The van der Waals surface area contributed by atoms with Crippen LogP contribution in [0.5, 0.6) is 5.75 Å². The van der Waals surface area contributed by atoms with Gasteiger partial charge in [0, 0.05) is 17.7 Å². The summed E-state index contributed by atoms with van der Waals surface area (Å²) in [5, 5.41) is 9.92. The van der Waals surface area contributed by atoms with Gasteiger partial charge < -0.3 is 10.1 Å². The molecule has 0 spiro atoms. The molecule has 0 bridgehead atoms. The predicted molar refractivity (Wildman–Crippen MR) is 80.5 cm³/mol. The molecule has 0 aliphatic heterocycles. The average Bonchev–Trinajstić information content (AvgIpc) is 3.22. The van der Waals surface area contributed by atoms with Gasteiger partial charge in [0.15, 0.2) is 5.82 Å². The van der Waals surface area contributed by atoms with Crippen molar-refractivity contribution in [1.82, 2.24) is 10.2 Å². The lowest BCUT2D eigenvalue weighted by atomic mass is 10.1. The molecule has 1 aliphatic carbocycles. The minimum Gasteiger partial charge on any atom is -0.494 e. The van der Waals surface area contributed by atoms with Gasteiger partial charge in [-0.25, -0.2) is 0 Å². The summed E-state index contributed by atoms with van der Waals surface area (Å²) in [6, 6.07) is 9.50. The monoisotopic (exact) mass is 285 g/mol. The highest BCUT2D eigenvalue weighted by Crippen LogP contribution is 2.39. The minimum absolute atomic E-state index is 0.0620. The van der Waals surface area contributed by atoms with E-state index in [2.05, 4.69) is 15.5 Å². The van der Waals surface area contributed by atoms with Gasteiger partial charge in [-0.05, 0) is 37.5 Å². The fraction of sp³-hybridized carbons (Fsp3) is 0.375. The molecule has 5 heteroatoms. The highest BCUT2D eigenvalue weighted by Gasteiger charge is 2.25. The van der Waals surface area contributed by atoms with E-state index in [4.69, 9.17) is 4.74 Å². The van der Waals surface area contributed by atoms with Gasteiger partial charge in [-0.2, -0.15) is 5.10 Å². The van der Waals surface area contributed by atoms with Crippen LogP contribution in [-0.2, 0) is 11.2 Å². The molecular formula is C16H19N3O2. The van der Waals surface area contributed by atoms with Crippen LogP contribution in [0.15, 0.2) is 30.3 Å². The summed E-state index contributed by atoms with van der Waals surface area (Å²) >= 11 is 0. The van der Waals surface area contributed by atoms with Crippen LogP contribution in [0.4, 0.5) is 5.82 Å². The van der Waals surface area contributed by atoms with Gasteiger partial charge in [0.2, 0.25) is 5.91 Å². The van der Waals surface area contributed by atoms with Crippen molar-refractivity contribution in [3.63, 3.8) is 0 Å². The molecule has 1 fully saturated rings. The van der Waals surface area contributed by atoms with Crippen molar-refractivity contribution >= 4 is 11.7 Å². The summed E-state index contributed by atoms with van der Waals surface area (Å²) in [7, 11) is 0. The van der Waals surface area contributed by atoms with Gasteiger partial charge in [-0.1, -0.05) is 12.1 Å². The molecule has 110 valence electrons. The molecule has 5 nitrogen and oxygen atoms in total. The van der Waals surface area contributed by atoms with E-state index in [1.165, 1.54) is 12.8 Å². The Bertz CT molecular complexity index is 615. The Morgan fingerprint density at radius 2 is 2.14 bits per heavy atom. The van der Waals surface area contributed by atoms with Crippen molar-refractivity contribution in [3.8, 4) is 5.75 Å². The van der Waals surface area contributed by atoms with Crippen molar-refractivity contribution in [2.45, 2.75) is 32.1 Å². The molecule has 0 saturated heterocycles. The molecule has 1 aromatic heterocycles. The minimum atomic E-state index is -0.0620. The van der Waals surface area contributed by atoms with Gasteiger partial charge in [-0.15, -0.1) is 0 Å². The third-order valence-electron chi connectivity index (χ3n) is 3.48. The molecule has 2 N–H and O–H groups in total. The van der Waals surface area contributed by atoms with Crippen LogP contribution < -0.4 is 10.1 Å². The number of nitrogens with one attached hydrogen (secondary N) is 2. The molecule has 1 aliphatic rings. The smallest absolute Gasteiger partial charge is 0.229 e. The van der Waals surface area contributed by atoms with E-state index in [0.717, 1.165) is 17.0 Å². The molecule has 0 radical (unpaired) electrons. The first kappa shape index (κ1) is 13.7. The second-order valence-corrected chi connectivity index (χ2v) is 5.28. The van der Waals surface area contributed by atoms with Gasteiger partial charge in [0.25, 0.3) is 0 Å². The zero-order chi connectivity index (χ0) is 14.7. The second kappa shape index (κ2) is 5.99. The lowest BCUT2D eigenvalue weighted by molar-refractivity contribution is -0.115. The van der Waals surface area contributed by atoms with Crippen molar-refractivity contribution in [3.05, 3.63) is 41.6 Å². The number of aromatic amines is 1. The standard InChI is InChI=1S/C16H19N3O2/c1-2-21-13-7-3-11(4-8-13)9-16(20)17-15-10-14(18-19-15)12-5-6-12/h3-4,7-8,10,12H,2,5-6,9H2,1H3,(H2,17,18,19,20). The highest BCUT2D eigenvalue weighted by molar-refractivity contribution is 5.91. The predicted octanol–water partition coefficient (Wildman–Crippen LogP) is 2.87. The molecule has 1 saturated carbocycles. The van der Waals surface area contributed by atoms with E-state index >= 15 is 0 Å². The van der Waals surface area contributed by atoms with E-state index in [0.29, 0.717) is 24.8 Å². The summed E-state index contributed by atoms with van der Waals surface area (Å²) in [6.07, 6.45) is 2.75. The van der Waals surface area contributed by atoms with Gasteiger partial charge in [-0.3, -0.25) is 9.89 Å². The Morgan fingerprint density at radius 3 is 2.81 bits per heavy atom. The zero-order valence-corrected chi connectivity index (χ0v) is 12.1.